The van der Waals surface area contributed by atoms with Crippen LogP contribution in [0.25, 0.3) is 0 Å². The zero-order chi connectivity index (χ0) is 25.1. The molecule has 2 atom stereocenters. The average Bonchev–Trinajstić information content (AvgIpc) is 3.55. The van der Waals surface area contributed by atoms with Crippen molar-refractivity contribution in [3.8, 4) is 0 Å². The molecular formula is C28H37N3O4S. The molecule has 0 bridgehead atoms. The van der Waals surface area contributed by atoms with Crippen LogP contribution < -0.4 is 5.32 Å². The molecule has 3 saturated carbocycles. The Labute approximate surface area is 217 Å². The first-order valence-corrected chi connectivity index (χ1v) is 14.4. The Morgan fingerprint density at radius 3 is 2.33 bits per heavy atom. The predicted octanol–water partition coefficient (Wildman–Crippen LogP) is 5.92. The molecule has 5 rings (SSSR count). The highest BCUT2D eigenvalue weighted by atomic mass is 32.1. The number of aromatic nitrogens is 2. The normalized spacial score (nSPS) is 26.7. The topological polar surface area (TPSA) is 101 Å². The predicted molar refractivity (Wildman–Crippen MR) is 139 cm³/mol. The molecule has 3 aliphatic rings. The van der Waals surface area contributed by atoms with Gasteiger partial charge in [-0.3, -0.25) is 14.9 Å². The maximum atomic E-state index is 12.8. The molecule has 3 fully saturated rings. The SMILES string of the molecule is CCOC1C[C@@H]2CC(Cc3nnc(NC(=O)c4ccc(C5CCC(CC(=O)O)CC5)cc4)s3)C[C@H]2C1. The molecule has 3 aliphatic carbocycles. The largest absolute Gasteiger partial charge is 0.481 e. The fraction of sp³-hybridized carbons (Fsp3) is 0.643. The van der Waals surface area contributed by atoms with Gasteiger partial charge >= 0.3 is 5.97 Å². The quantitative estimate of drug-likeness (QED) is 0.433. The smallest absolute Gasteiger partial charge is 0.303 e. The van der Waals surface area contributed by atoms with Gasteiger partial charge in [0.1, 0.15) is 5.01 Å². The summed E-state index contributed by atoms with van der Waals surface area (Å²) in [6.45, 7) is 2.89. The number of carbonyl (C=O) groups excluding carboxylic acids is 1. The van der Waals surface area contributed by atoms with E-state index in [0.717, 1.165) is 55.6 Å². The average molecular weight is 512 g/mol. The van der Waals surface area contributed by atoms with Crippen molar-refractivity contribution in [1.29, 1.82) is 0 Å². The summed E-state index contributed by atoms with van der Waals surface area (Å²) in [6, 6.07) is 7.83. The summed E-state index contributed by atoms with van der Waals surface area (Å²) in [4.78, 5) is 23.7. The summed E-state index contributed by atoms with van der Waals surface area (Å²) >= 11 is 1.49. The molecule has 8 heteroatoms. The van der Waals surface area contributed by atoms with Gasteiger partial charge < -0.3 is 9.84 Å². The highest BCUT2D eigenvalue weighted by Crippen LogP contribution is 2.48. The van der Waals surface area contributed by atoms with E-state index in [2.05, 4.69) is 22.4 Å². The lowest BCUT2D eigenvalue weighted by atomic mass is 9.77. The zero-order valence-electron chi connectivity index (χ0n) is 21.0. The van der Waals surface area contributed by atoms with Gasteiger partial charge in [-0.15, -0.1) is 10.2 Å². The lowest BCUT2D eigenvalue weighted by Crippen LogP contribution is -2.16. The van der Waals surface area contributed by atoms with Crippen molar-refractivity contribution in [2.75, 3.05) is 11.9 Å². The van der Waals surface area contributed by atoms with Gasteiger partial charge in [0.2, 0.25) is 5.13 Å². The van der Waals surface area contributed by atoms with Gasteiger partial charge in [0.05, 0.1) is 6.10 Å². The molecule has 1 amide bonds. The third-order valence-corrected chi connectivity index (χ3v) is 9.44. The first-order chi connectivity index (χ1) is 17.5. The van der Waals surface area contributed by atoms with Crippen LogP contribution in [0.5, 0.6) is 0 Å². The number of rotatable bonds is 9. The Balaban J connectivity index is 1.09. The molecule has 0 aliphatic heterocycles. The molecule has 194 valence electrons. The number of carbonyl (C=O) groups is 2. The van der Waals surface area contributed by atoms with Crippen molar-refractivity contribution in [3.63, 3.8) is 0 Å². The van der Waals surface area contributed by atoms with Crippen LogP contribution in [0.4, 0.5) is 5.13 Å². The maximum absolute atomic E-state index is 12.8. The Hall–Kier alpha value is -2.32. The van der Waals surface area contributed by atoms with E-state index in [-0.39, 0.29) is 12.3 Å². The fourth-order valence-corrected chi connectivity index (χ4v) is 7.73. The third kappa shape index (κ3) is 6.14. The van der Waals surface area contributed by atoms with Crippen molar-refractivity contribution in [3.05, 3.63) is 40.4 Å². The van der Waals surface area contributed by atoms with E-state index in [4.69, 9.17) is 9.84 Å². The van der Waals surface area contributed by atoms with E-state index in [0.29, 0.717) is 34.6 Å². The van der Waals surface area contributed by atoms with Gasteiger partial charge in [-0.1, -0.05) is 23.5 Å². The van der Waals surface area contributed by atoms with E-state index < -0.39 is 5.97 Å². The number of nitrogens with zero attached hydrogens (tertiary/aromatic N) is 2. The molecule has 2 N–H and O–H groups in total. The number of carboxylic acids is 1. The molecule has 1 aromatic heterocycles. The molecule has 0 spiro atoms. The number of anilines is 1. The highest BCUT2D eigenvalue weighted by Gasteiger charge is 2.42. The molecule has 0 saturated heterocycles. The number of benzene rings is 1. The van der Waals surface area contributed by atoms with Crippen LogP contribution in [0.15, 0.2) is 24.3 Å². The van der Waals surface area contributed by atoms with Crippen molar-refractivity contribution in [2.24, 2.45) is 23.7 Å². The number of fused-ring (bicyclic) bond motifs is 1. The number of ether oxygens (including phenoxy) is 1. The Morgan fingerprint density at radius 1 is 1.00 bits per heavy atom. The van der Waals surface area contributed by atoms with Crippen LogP contribution >= 0.6 is 11.3 Å². The van der Waals surface area contributed by atoms with Gasteiger partial charge in [-0.05, 0) is 106 Å². The number of amides is 1. The van der Waals surface area contributed by atoms with Crippen LogP contribution in [-0.4, -0.2) is 39.9 Å². The summed E-state index contributed by atoms with van der Waals surface area (Å²) < 4.78 is 5.84. The fourth-order valence-electron chi connectivity index (χ4n) is 6.88. The number of hydrogen-bond acceptors (Lipinski definition) is 6. The zero-order valence-corrected chi connectivity index (χ0v) is 21.8. The number of nitrogens with one attached hydrogen (secondary N) is 1. The van der Waals surface area contributed by atoms with Gasteiger partial charge in [0.25, 0.3) is 5.91 Å². The van der Waals surface area contributed by atoms with Gasteiger partial charge in [-0.2, -0.15) is 0 Å². The summed E-state index contributed by atoms with van der Waals surface area (Å²) in [5, 5.41) is 22.1. The molecular weight excluding hydrogens is 474 g/mol. The number of hydrogen-bond donors (Lipinski definition) is 2. The van der Waals surface area contributed by atoms with Gasteiger partial charge in [-0.25, -0.2) is 0 Å². The van der Waals surface area contributed by atoms with Crippen molar-refractivity contribution >= 4 is 28.3 Å². The summed E-state index contributed by atoms with van der Waals surface area (Å²) in [6.07, 6.45) is 10.5. The summed E-state index contributed by atoms with van der Waals surface area (Å²) in [5.41, 5.74) is 1.84. The van der Waals surface area contributed by atoms with Crippen LogP contribution in [-0.2, 0) is 16.0 Å². The molecule has 1 aromatic carbocycles. The Morgan fingerprint density at radius 2 is 1.69 bits per heavy atom. The van der Waals surface area contributed by atoms with Crippen LogP contribution in [0.1, 0.15) is 91.6 Å². The minimum atomic E-state index is -0.701. The Kier molecular flexibility index (Phi) is 8.01. The van der Waals surface area contributed by atoms with E-state index in [1.807, 2.05) is 24.3 Å². The van der Waals surface area contributed by atoms with Crippen LogP contribution in [0.3, 0.4) is 0 Å². The number of carboxylic acid groups (broad SMARTS) is 1. The van der Waals surface area contributed by atoms with E-state index in [1.165, 1.54) is 42.6 Å². The molecule has 2 aromatic rings. The second kappa shape index (κ2) is 11.4. The molecule has 0 radical (unpaired) electrons. The minimum absolute atomic E-state index is 0.160. The first kappa shape index (κ1) is 25.3. The van der Waals surface area contributed by atoms with E-state index in [9.17, 15) is 9.59 Å². The van der Waals surface area contributed by atoms with E-state index >= 15 is 0 Å². The third-order valence-electron chi connectivity index (χ3n) is 8.58. The molecule has 1 heterocycles. The summed E-state index contributed by atoms with van der Waals surface area (Å²) in [7, 11) is 0. The molecule has 0 unspecified atom stereocenters. The van der Waals surface area contributed by atoms with Crippen LogP contribution in [0, 0.1) is 23.7 Å². The highest BCUT2D eigenvalue weighted by molar-refractivity contribution is 7.15. The molecule has 36 heavy (non-hydrogen) atoms. The summed E-state index contributed by atoms with van der Waals surface area (Å²) in [5.74, 6) is 2.12. The van der Waals surface area contributed by atoms with Crippen LogP contribution in [0.2, 0.25) is 0 Å². The van der Waals surface area contributed by atoms with E-state index in [1.54, 1.807) is 0 Å². The van der Waals surface area contributed by atoms with Crippen molar-refractivity contribution in [1.82, 2.24) is 10.2 Å². The second-order valence-corrected chi connectivity index (χ2v) is 12.1. The number of aliphatic carboxylic acids is 1. The Bertz CT molecular complexity index is 1030. The lowest BCUT2D eigenvalue weighted by molar-refractivity contribution is -0.138. The monoisotopic (exact) mass is 511 g/mol. The van der Waals surface area contributed by atoms with Crippen molar-refractivity contribution < 1.29 is 19.4 Å². The minimum Gasteiger partial charge on any atom is -0.481 e. The second-order valence-electron chi connectivity index (χ2n) is 11.0. The first-order valence-electron chi connectivity index (χ1n) is 13.5. The van der Waals surface area contributed by atoms with Crippen molar-refractivity contribution in [2.45, 2.75) is 83.2 Å². The standard InChI is InChI=1S/C28H37N3O4S/c1-2-35-24-15-22-11-18(12-23(22)16-24)13-25-30-31-28(36-25)29-27(34)21-9-7-20(8-10-21)19-5-3-17(4-6-19)14-26(32)33/h7-10,17-19,22-24H,2-6,11-16H2,1H3,(H,32,33)(H,29,31,34)/t17?,18?,19?,22-,23-,24?/m0/s1. The van der Waals surface area contributed by atoms with Gasteiger partial charge in [0.15, 0.2) is 0 Å². The lowest BCUT2D eigenvalue weighted by Gasteiger charge is -2.28. The maximum Gasteiger partial charge on any atom is 0.303 e. The van der Waals surface area contributed by atoms with Gasteiger partial charge in [0, 0.05) is 25.0 Å². The molecule has 7 nitrogen and oxygen atoms in total.